The fourth-order valence-corrected chi connectivity index (χ4v) is 3.60. The van der Waals surface area contributed by atoms with Gasteiger partial charge in [-0.2, -0.15) is 0 Å². The Morgan fingerprint density at radius 1 is 1.12 bits per heavy atom. The van der Waals surface area contributed by atoms with Gasteiger partial charge in [-0.25, -0.2) is 8.78 Å². The van der Waals surface area contributed by atoms with Crippen molar-refractivity contribution in [1.82, 2.24) is 4.90 Å². The van der Waals surface area contributed by atoms with Crippen LogP contribution in [0.25, 0.3) is 0 Å². The number of piperidine rings is 1. The second kappa shape index (κ2) is 10.4. The van der Waals surface area contributed by atoms with Gasteiger partial charge in [-0.15, -0.1) is 0 Å². The number of halogens is 3. The number of carbonyl (C=O) groups is 3. The lowest BCUT2D eigenvalue weighted by molar-refractivity contribution is -0.152. The highest BCUT2D eigenvalue weighted by Crippen LogP contribution is 2.27. The molecule has 2 amide bonds. The van der Waals surface area contributed by atoms with Crippen LogP contribution < -0.4 is 10.1 Å². The average molecular weight is 467 g/mol. The zero-order chi connectivity index (χ0) is 23.3. The minimum atomic E-state index is -0.930. The molecule has 1 saturated heterocycles. The molecule has 2 aromatic carbocycles. The summed E-state index contributed by atoms with van der Waals surface area (Å²) in [5.41, 5.74) is 0.208. The summed E-state index contributed by atoms with van der Waals surface area (Å²) in [5, 5.41) is 2.89. The number of rotatable bonds is 6. The summed E-state index contributed by atoms with van der Waals surface area (Å²) >= 11 is 6.00. The Bertz CT molecular complexity index is 1030. The Morgan fingerprint density at radius 2 is 1.84 bits per heavy atom. The van der Waals surface area contributed by atoms with E-state index in [-0.39, 0.29) is 18.7 Å². The van der Waals surface area contributed by atoms with Crippen LogP contribution in [0.2, 0.25) is 5.02 Å². The van der Waals surface area contributed by atoms with Crippen LogP contribution >= 0.6 is 11.6 Å². The second-order valence-corrected chi connectivity index (χ2v) is 7.60. The van der Waals surface area contributed by atoms with E-state index >= 15 is 0 Å². The molecule has 1 fully saturated rings. The van der Waals surface area contributed by atoms with Gasteiger partial charge >= 0.3 is 5.97 Å². The van der Waals surface area contributed by atoms with Crippen LogP contribution in [0.5, 0.6) is 5.75 Å². The predicted octanol–water partition coefficient (Wildman–Crippen LogP) is 3.66. The zero-order valence-corrected chi connectivity index (χ0v) is 18.0. The van der Waals surface area contributed by atoms with Gasteiger partial charge in [0.2, 0.25) is 0 Å². The molecule has 0 radical (unpaired) electrons. The summed E-state index contributed by atoms with van der Waals surface area (Å²) in [4.78, 5) is 38.2. The minimum Gasteiger partial charge on any atom is -0.495 e. The first kappa shape index (κ1) is 23.5. The van der Waals surface area contributed by atoms with E-state index in [2.05, 4.69) is 5.32 Å². The predicted molar refractivity (Wildman–Crippen MR) is 113 cm³/mol. The average Bonchev–Trinajstić information content (AvgIpc) is 2.77. The number of ether oxygens (including phenoxy) is 2. The molecule has 0 aromatic heterocycles. The highest BCUT2D eigenvalue weighted by atomic mass is 35.5. The highest BCUT2D eigenvalue weighted by molar-refractivity contribution is 6.32. The van der Waals surface area contributed by atoms with Crippen LogP contribution in [0.1, 0.15) is 23.2 Å². The maximum atomic E-state index is 13.8. The van der Waals surface area contributed by atoms with Gasteiger partial charge in [0, 0.05) is 24.8 Å². The third-order valence-electron chi connectivity index (χ3n) is 5.06. The normalized spacial score (nSPS) is 14.1. The van der Waals surface area contributed by atoms with Crippen molar-refractivity contribution in [3.8, 4) is 5.75 Å². The van der Waals surface area contributed by atoms with Crippen LogP contribution in [0.3, 0.4) is 0 Å². The number of nitrogens with zero attached hydrogens (tertiary/aromatic N) is 1. The number of likely N-dealkylation sites (tertiary alicyclic amines) is 1. The number of methoxy groups -OCH3 is 1. The van der Waals surface area contributed by atoms with Crippen LogP contribution in [0, 0.1) is 17.6 Å². The lowest BCUT2D eigenvalue weighted by Crippen LogP contribution is -2.41. The van der Waals surface area contributed by atoms with Crippen LogP contribution in [0.4, 0.5) is 14.5 Å². The fourth-order valence-electron chi connectivity index (χ4n) is 3.35. The first-order valence-corrected chi connectivity index (χ1v) is 10.2. The topological polar surface area (TPSA) is 84.9 Å². The van der Waals surface area contributed by atoms with E-state index < -0.39 is 41.9 Å². The van der Waals surface area contributed by atoms with E-state index in [9.17, 15) is 23.2 Å². The monoisotopic (exact) mass is 466 g/mol. The second-order valence-electron chi connectivity index (χ2n) is 7.20. The quantitative estimate of drug-likeness (QED) is 0.657. The summed E-state index contributed by atoms with van der Waals surface area (Å²) in [5.74, 6) is -3.36. The number of hydrogen-bond donors (Lipinski definition) is 1. The molecule has 2 aromatic rings. The zero-order valence-electron chi connectivity index (χ0n) is 17.2. The summed E-state index contributed by atoms with van der Waals surface area (Å²) in [6.07, 6.45) is 0.617. The number of esters is 1. The molecule has 1 N–H and O–H groups in total. The van der Waals surface area contributed by atoms with Gasteiger partial charge in [-0.1, -0.05) is 11.6 Å². The molecular weight excluding hydrogens is 446 g/mol. The minimum absolute atomic E-state index is 0.214. The van der Waals surface area contributed by atoms with Gasteiger partial charge in [0.1, 0.15) is 17.4 Å². The Labute approximate surface area is 188 Å². The first-order chi connectivity index (χ1) is 15.3. The maximum absolute atomic E-state index is 13.8. The van der Waals surface area contributed by atoms with E-state index in [0.29, 0.717) is 35.4 Å². The fraction of sp³-hybridized carbons (Fsp3) is 0.318. The molecule has 0 saturated carbocycles. The van der Waals surface area contributed by atoms with E-state index in [0.717, 1.165) is 12.1 Å². The standard InChI is InChI=1S/C22H21ClF2N2O5/c1-31-19-5-3-15(11-17(19)23)26-20(28)12-32-22(30)13-6-8-27(9-7-13)21(29)16-4-2-14(24)10-18(16)25/h2-5,10-11,13H,6-9,12H2,1H3,(H,26,28). The number of nitrogens with one attached hydrogen (secondary N) is 1. The first-order valence-electron chi connectivity index (χ1n) is 9.83. The van der Waals surface area contributed by atoms with E-state index in [1.165, 1.54) is 18.1 Å². The molecule has 1 aliphatic heterocycles. The van der Waals surface area contributed by atoms with Crippen LogP contribution in [-0.2, 0) is 14.3 Å². The molecule has 10 heteroatoms. The summed E-state index contributed by atoms with van der Waals surface area (Å²) < 4.78 is 37.0. The molecule has 0 unspecified atom stereocenters. The Balaban J connectivity index is 1.45. The van der Waals surface area contributed by atoms with Crippen molar-refractivity contribution in [1.29, 1.82) is 0 Å². The van der Waals surface area contributed by atoms with Gasteiger partial charge < -0.3 is 19.7 Å². The smallest absolute Gasteiger partial charge is 0.309 e. The molecule has 0 spiro atoms. The van der Waals surface area contributed by atoms with Gasteiger partial charge in [-0.05, 0) is 43.2 Å². The molecule has 0 bridgehead atoms. The lowest BCUT2D eigenvalue weighted by Gasteiger charge is -2.31. The highest BCUT2D eigenvalue weighted by Gasteiger charge is 2.30. The van der Waals surface area contributed by atoms with Crippen molar-refractivity contribution < 1.29 is 32.6 Å². The molecular formula is C22H21ClF2N2O5. The van der Waals surface area contributed by atoms with Gasteiger partial charge in [0.25, 0.3) is 11.8 Å². The maximum Gasteiger partial charge on any atom is 0.309 e. The van der Waals surface area contributed by atoms with Crippen molar-refractivity contribution in [2.24, 2.45) is 5.92 Å². The van der Waals surface area contributed by atoms with E-state index in [1.807, 2.05) is 0 Å². The number of hydrogen-bond acceptors (Lipinski definition) is 5. The molecule has 7 nitrogen and oxygen atoms in total. The van der Waals surface area contributed by atoms with Gasteiger partial charge in [-0.3, -0.25) is 14.4 Å². The SMILES string of the molecule is COc1ccc(NC(=O)COC(=O)C2CCN(C(=O)c3ccc(F)cc3F)CC2)cc1Cl. The van der Waals surface area contributed by atoms with Crippen molar-refractivity contribution in [2.45, 2.75) is 12.8 Å². The Morgan fingerprint density at radius 3 is 2.47 bits per heavy atom. The third-order valence-corrected chi connectivity index (χ3v) is 5.35. The van der Waals surface area contributed by atoms with E-state index in [1.54, 1.807) is 12.1 Å². The number of benzene rings is 2. The number of amides is 2. The molecule has 170 valence electrons. The molecule has 1 heterocycles. The van der Waals surface area contributed by atoms with Crippen molar-refractivity contribution >= 4 is 35.1 Å². The molecule has 3 rings (SSSR count). The Kier molecular flexibility index (Phi) is 7.63. The number of carbonyl (C=O) groups excluding carboxylic acids is 3. The van der Waals surface area contributed by atoms with Crippen molar-refractivity contribution in [2.75, 3.05) is 32.1 Å². The molecule has 1 aliphatic rings. The summed E-state index contributed by atoms with van der Waals surface area (Å²) in [6.45, 7) is -0.0413. The summed E-state index contributed by atoms with van der Waals surface area (Å²) in [6, 6.07) is 7.48. The van der Waals surface area contributed by atoms with Gasteiger partial charge in [0.05, 0.1) is 23.6 Å². The Hall–Kier alpha value is -3.20. The summed E-state index contributed by atoms with van der Waals surface area (Å²) in [7, 11) is 1.47. The van der Waals surface area contributed by atoms with Crippen LogP contribution in [0.15, 0.2) is 36.4 Å². The largest absolute Gasteiger partial charge is 0.495 e. The third kappa shape index (κ3) is 5.73. The van der Waals surface area contributed by atoms with Crippen molar-refractivity contribution in [3.63, 3.8) is 0 Å². The lowest BCUT2D eigenvalue weighted by atomic mass is 9.96. The van der Waals surface area contributed by atoms with Crippen molar-refractivity contribution in [3.05, 3.63) is 58.6 Å². The van der Waals surface area contributed by atoms with E-state index in [4.69, 9.17) is 21.1 Å². The van der Waals surface area contributed by atoms with Gasteiger partial charge in [0.15, 0.2) is 6.61 Å². The molecule has 0 atom stereocenters. The number of anilines is 1. The molecule has 0 aliphatic carbocycles. The van der Waals surface area contributed by atoms with Crippen LogP contribution in [-0.4, -0.2) is 49.5 Å². The molecule has 32 heavy (non-hydrogen) atoms.